The van der Waals surface area contributed by atoms with Crippen LogP contribution in [0.3, 0.4) is 0 Å². The second-order valence-corrected chi connectivity index (χ2v) is 5.91. The van der Waals surface area contributed by atoms with Crippen LogP contribution < -0.4 is 0 Å². The van der Waals surface area contributed by atoms with Gasteiger partial charge < -0.3 is 0 Å². The molecule has 2 heteroatoms. The summed E-state index contributed by atoms with van der Waals surface area (Å²) in [4.78, 5) is 23.1. The molecule has 0 radical (unpaired) electrons. The first kappa shape index (κ1) is 19.3. The van der Waals surface area contributed by atoms with Crippen molar-refractivity contribution in [3.63, 3.8) is 0 Å². The molecule has 0 aromatic carbocycles. The maximum absolute atomic E-state index is 11.7. The largest absolute Gasteiger partial charge is 0.300 e. The summed E-state index contributed by atoms with van der Waals surface area (Å²) in [7, 11) is 0. The summed E-state index contributed by atoms with van der Waals surface area (Å²) >= 11 is 0. The minimum absolute atomic E-state index is 0.329. The van der Waals surface area contributed by atoms with Gasteiger partial charge in [0.15, 0.2) is 0 Å². The number of hydrogen-bond donors (Lipinski definition) is 0. The van der Waals surface area contributed by atoms with E-state index >= 15 is 0 Å². The predicted molar refractivity (Wildman–Crippen MR) is 86.0 cm³/mol. The van der Waals surface area contributed by atoms with Crippen LogP contribution in [0.1, 0.15) is 104 Å². The predicted octanol–water partition coefficient (Wildman–Crippen LogP) is 5.63. The highest BCUT2D eigenvalue weighted by atomic mass is 16.1. The molecule has 0 aliphatic heterocycles. The van der Waals surface area contributed by atoms with Gasteiger partial charge in [-0.1, -0.05) is 58.8 Å². The van der Waals surface area contributed by atoms with Gasteiger partial charge in [0.05, 0.1) is 0 Å². The highest BCUT2D eigenvalue weighted by molar-refractivity contribution is 5.81. The molecule has 0 aliphatic rings. The number of unbranched alkanes of at least 4 members (excludes halogenated alkanes) is 7. The third kappa shape index (κ3) is 13.8. The average molecular weight is 282 g/mol. The molecule has 0 aromatic heterocycles. The molecule has 0 amide bonds. The van der Waals surface area contributed by atoms with Gasteiger partial charge >= 0.3 is 0 Å². The topological polar surface area (TPSA) is 34.1 Å². The first-order valence-corrected chi connectivity index (χ1v) is 8.74. The van der Waals surface area contributed by atoms with Crippen molar-refractivity contribution < 1.29 is 9.59 Å². The molecule has 0 saturated heterocycles. The highest BCUT2D eigenvalue weighted by Gasteiger charge is 2.05. The van der Waals surface area contributed by atoms with E-state index in [9.17, 15) is 9.59 Å². The minimum Gasteiger partial charge on any atom is -0.300 e. The maximum atomic E-state index is 11.7. The molecule has 0 aliphatic carbocycles. The van der Waals surface area contributed by atoms with Crippen LogP contribution in [0.4, 0.5) is 0 Å². The summed E-state index contributed by atoms with van der Waals surface area (Å²) in [6.07, 6.45) is 14.2. The Kier molecular flexibility index (Phi) is 14.3. The van der Waals surface area contributed by atoms with Crippen LogP contribution in [0.15, 0.2) is 0 Å². The summed E-state index contributed by atoms with van der Waals surface area (Å²) in [6, 6.07) is 0. The molecule has 2 nitrogen and oxygen atoms in total. The Morgan fingerprint density at radius 2 is 0.900 bits per heavy atom. The lowest BCUT2D eigenvalue weighted by Crippen LogP contribution is -2.02. The van der Waals surface area contributed by atoms with Crippen LogP contribution >= 0.6 is 0 Å². The Labute approximate surface area is 125 Å². The van der Waals surface area contributed by atoms with E-state index in [0.29, 0.717) is 30.8 Å². The third-order valence-corrected chi connectivity index (χ3v) is 3.78. The van der Waals surface area contributed by atoms with Gasteiger partial charge in [-0.05, 0) is 19.3 Å². The molecule has 0 heterocycles. The van der Waals surface area contributed by atoms with E-state index in [1.54, 1.807) is 0 Å². The first-order chi connectivity index (χ1) is 9.70. The molecular formula is C18H34O2. The van der Waals surface area contributed by atoms with Crippen LogP contribution in [-0.2, 0) is 9.59 Å². The van der Waals surface area contributed by atoms with E-state index < -0.39 is 0 Å². The van der Waals surface area contributed by atoms with Gasteiger partial charge in [0.2, 0.25) is 0 Å². The SMILES string of the molecule is CCCCCCCCCC(=O)CCCC(=O)CCCC. The van der Waals surface area contributed by atoms with E-state index in [1.807, 2.05) is 0 Å². The molecule has 0 unspecified atom stereocenters. The monoisotopic (exact) mass is 282 g/mol. The Morgan fingerprint density at radius 1 is 0.500 bits per heavy atom. The molecular weight excluding hydrogens is 248 g/mol. The number of carbonyl (C=O) groups is 2. The fraction of sp³-hybridized carbons (Fsp3) is 0.889. The maximum Gasteiger partial charge on any atom is 0.132 e. The van der Waals surface area contributed by atoms with Gasteiger partial charge in [0, 0.05) is 25.7 Å². The number of hydrogen-bond acceptors (Lipinski definition) is 2. The average Bonchev–Trinajstić information content (AvgIpc) is 2.44. The van der Waals surface area contributed by atoms with E-state index in [0.717, 1.165) is 32.1 Å². The van der Waals surface area contributed by atoms with Crippen molar-refractivity contribution in [3.05, 3.63) is 0 Å². The normalized spacial score (nSPS) is 10.7. The van der Waals surface area contributed by atoms with E-state index in [4.69, 9.17) is 0 Å². The number of rotatable bonds is 15. The molecule has 0 rings (SSSR count). The lowest BCUT2D eigenvalue weighted by Gasteiger charge is -2.02. The van der Waals surface area contributed by atoms with Gasteiger partial charge in [-0.3, -0.25) is 9.59 Å². The Balaban J connectivity index is 3.30. The van der Waals surface area contributed by atoms with E-state index in [1.165, 1.54) is 38.5 Å². The van der Waals surface area contributed by atoms with Crippen LogP contribution in [-0.4, -0.2) is 11.6 Å². The Morgan fingerprint density at radius 3 is 1.45 bits per heavy atom. The van der Waals surface area contributed by atoms with Crippen molar-refractivity contribution in [3.8, 4) is 0 Å². The van der Waals surface area contributed by atoms with Crippen molar-refractivity contribution >= 4 is 11.6 Å². The zero-order valence-electron chi connectivity index (χ0n) is 13.7. The van der Waals surface area contributed by atoms with Crippen molar-refractivity contribution in [2.24, 2.45) is 0 Å². The molecule has 118 valence electrons. The fourth-order valence-electron chi connectivity index (χ4n) is 2.39. The van der Waals surface area contributed by atoms with Crippen LogP contribution in [0.5, 0.6) is 0 Å². The zero-order valence-corrected chi connectivity index (χ0v) is 13.7. The third-order valence-electron chi connectivity index (χ3n) is 3.78. The first-order valence-electron chi connectivity index (χ1n) is 8.74. The van der Waals surface area contributed by atoms with Gasteiger partial charge in [0.25, 0.3) is 0 Å². The lowest BCUT2D eigenvalue weighted by molar-refractivity contribution is -0.120. The second kappa shape index (κ2) is 14.7. The second-order valence-electron chi connectivity index (χ2n) is 5.91. The van der Waals surface area contributed by atoms with Gasteiger partial charge in [0.1, 0.15) is 11.6 Å². The molecule has 0 atom stereocenters. The van der Waals surface area contributed by atoms with Crippen molar-refractivity contribution in [2.45, 2.75) is 104 Å². The molecule has 0 fully saturated rings. The van der Waals surface area contributed by atoms with Crippen molar-refractivity contribution in [1.29, 1.82) is 0 Å². The molecule has 0 saturated carbocycles. The summed E-state index contributed by atoms with van der Waals surface area (Å²) in [5.41, 5.74) is 0. The van der Waals surface area contributed by atoms with Crippen LogP contribution in [0.2, 0.25) is 0 Å². The van der Waals surface area contributed by atoms with Gasteiger partial charge in [-0.2, -0.15) is 0 Å². The van der Waals surface area contributed by atoms with Gasteiger partial charge in [-0.15, -0.1) is 0 Å². The summed E-state index contributed by atoms with van der Waals surface area (Å²) in [5.74, 6) is 0.678. The van der Waals surface area contributed by atoms with Crippen molar-refractivity contribution in [1.82, 2.24) is 0 Å². The van der Waals surface area contributed by atoms with Crippen LogP contribution in [0.25, 0.3) is 0 Å². The Hall–Kier alpha value is -0.660. The molecule has 0 N–H and O–H groups in total. The molecule has 20 heavy (non-hydrogen) atoms. The lowest BCUT2D eigenvalue weighted by atomic mass is 10.0. The standard InChI is InChI=1S/C18H34O2/c1-3-5-7-8-9-10-11-14-18(20)16-12-15-17(19)13-6-4-2/h3-16H2,1-2H3. The summed E-state index contributed by atoms with van der Waals surface area (Å²) in [6.45, 7) is 4.32. The minimum atomic E-state index is 0.329. The van der Waals surface area contributed by atoms with Gasteiger partial charge in [-0.25, -0.2) is 0 Å². The van der Waals surface area contributed by atoms with Crippen LogP contribution in [0, 0.1) is 0 Å². The highest BCUT2D eigenvalue weighted by Crippen LogP contribution is 2.10. The molecule has 0 bridgehead atoms. The summed E-state index contributed by atoms with van der Waals surface area (Å²) < 4.78 is 0. The summed E-state index contributed by atoms with van der Waals surface area (Å²) in [5, 5.41) is 0. The number of carbonyl (C=O) groups excluding carboxylic acids is 2. The van der Waals surface area contributed by atoms with E-state index in [2.05, 4.69) is 13.8 Å². The zero-order chi connectivity index (χ0) is 15.1. The quantitative estimate of drug-likeness (QED) is 0.365. The van der Waals surface area contributed by atoms with E-state index in [-0.39, 0.29) is 0 Å². The molecule has 0 aromatic rings. The number of Topliss-reactive ketones (excluding diaryl/α,β-unsaturated/α-hetero) is 2. The molecule has 0 spiro atoms. The van der Waals surface area contributed by atoms with Crippen molar-refractivity contribution in [2.75, 3.05) is 0 Å². The smallest absolute Gasteiger partial charge is 0.132 e. The fourth-order valence-corrected chi connectivity index (χ4v) is 2.39. The Bertz CT molecular complexity index is 246. The number of ketones is 2.